The Hall–Kier alpha value is -1.80. The zero-order valence-electron chi connectivity index (χ0n) is 10.6. The number of hydrogen-bond acceptors (Lipinski definition) is 1. The molecule has 1 aliphatic carbocycles. The Morgan fingerprint density at radius 3 is 2.58 bits per heavy atom. The van der Waals surface area contributed by atoms with Gasteiger partial charge in [-0.1, -0.05) is 47.4 Å². The van der Waals surface area contributed by atoms with Crippen molar-refractivity contribution in [2.75, 3.05) is 0 Å². The van der Waals surface area contributed by atoms with Gasteiger partial charge in [0.25, 0.3) is 0 Å². The minimum Gasteiger partial charge on any atom is -0.289 e. The van der Waals surface area contributed by atoms with Crippen molar-refractivity contribution in [1.29, 1.82) is 0 Å². The molecule has 0 saturated heterocycles. The fourth-order valence-corrected chi connectivity index (χ4v) is 2.55. The number of Topliss-reactive ketones (excluding diaryl/α,β-unsaturated/α-hetero) is 1. The van der Waals surface area contributed by atoms with Gasteiger partial charge in [0.15, 0.2) is 5.78 Å². The number of halogens is 1. The number of allylic oxidation sites excluding steroid dienone is 1. The van der Waals surface area contributed by atoms with Crippen molar-refractivity contribution in [3.8, 4) is 0 Å². The average molecular weight is 267 g/mol. The van der Waals surface area contributed by atoms with Crippen molar-refractivity contribution < 1.29 is 4.79 Å². The second kappa shape index (κ2) is 4.71. The molecular formula is C16H12BClO. The van der Waals surface area contributed by atoms with Crippen LogP contribution in [0.25, 0.3) is 6.08 Å². The maximum Gasteiger partial charge on any atom is 0.189 e. The van der Waals surface area contributed by atoms with Gasteiger partial charge in [0.1, 0.15) is 7.85 Å². The van der Waals surface area contributed by atoms with E-state index in [2.05, 4.69) is 6.07 Å². The molecule has 19 heavy (non-hydrogen) atoms. The summed E-state index contributed by atoms with van der Waals surface area (Å²) in [5.41, 5.74) is 5.02. The zero-order chi connectivity index (χ0) is 13.4. The maximum absolute atomic E-state index is 12.3. The van der Waals surface area contributed by atoms with Crippen molar-refractivity contribution in [3.05, 3.63) is 69.8 Å². The monoisotopic (exact) mass is 266 g/mol. The molecule has 2 aromatic carbocycles. The Bertz CT molecular complexity index is 686. The van der Waals surface area contributed by atoms with Crippen LogP contribution < -0.4 is 5.46 Å². The fourth-order valence-electron chi connectivity index (χ4n) is 2.43. The fraction of sp³-hybridized carbons (Fsp3) is 0.0625. The second-order valence-electron chi connectivity index (χ2n) is 4.89. The SMILES string of the molecule is Bc1ccc2c(c1)C/C(=C\c1ccc(Cl)cc1)C2=O. The third-order valence-corrected chi connectivity index (χ3v) is 3.64. The van der Waals surface area contributed by atoms with E-state index in [0.717, 1.165) is 28.7 Å². The molecule has 0 saturated carbocycles. The lowest BCUT2D eigenvalue weighted by Gasteiger charge is -1.97. The van der Waals surface area contributed by atoms with Crippen LogP contribution >= 0.6 is 11.6 Å². The molecule has 0 bridgehead atoms. The Labute approximate surface area is 118 Å². The first-order valence-corrected chi connectivity index (χ1v) is 6.61. The summed E-state index contributed by atoms with van der Waals surface area (Å²) < 4.78 is 0. The number of fused-ring (bicyclic) bond motifs is 1. The number of carbonyl (C=O) groups excluding carboxylic acids is 1. The number of ketones is 1. The van der Waals surface area contributed by atoms with Crippen molar-refractivity contribution in [1.82, 2.24) is 0 Å². The molecule has 0 spiro atoms. The smallest absolute Gasteiger partial charge is 0.189 e. The lowest BCUT2D eigenvalue weighted by atomic mass is 9.93. The quantitative estimate of drug-likeness (QED) is 0.572. The first kappa shape index (κ1) is 12.2. The summed E-state index contributed by atoms with van der Waals surface area (Å²) >= 11 is 5.86. The zero-order valence-corrected chi connectivity index (χ0v) is 11.4. The van der Waals surface area contributed by atoms with E-state index in [1.165, 1.54) is 5.46 Å². The van der Waals surface area contributed by atoms with Gasteiger partial charge in [-0.25, -0.2) is 0 Å². The maximum atomic E-state index is 12.3. The molecule has 3 rings (SSSR count). The van der Waals surface area contributed by atoms with Gasteiger partial charge in [-0.3, -0.25) is 4.79 Å². The average Bonchev–Trinajstić information content (AvgIpc) is 2.68. The van der Waals surface area contributed by atoms with Crippen LogP contribution in [0.2, 0.25) is 5.02 Å². The molecule has 0 amide bonds. The predicted molar refractivity (Wildman–Crippen MR) is 82.1 cm³/mol. The van der Waals surface area contributed by atoms with Crippen molar-refractivity contribution in [2.45, 2.75) is 6.42 Å². The first-order valence-electron chi connectivity index (χ1n) is 6.24. The number of benzene rings is 2. The molecule has 0 aromatic heterocycles. The third-order valence-electron chi connectivity index (χ3n) is 3.39. The van der Waals surface area contributed by atoms with Crippen LogP contribution in [0.4, 0.5) is 0 Å². The van der Waals surface area contributed by atoms with Crippen molar-refractivity contribution in [3.63, 3.8) is 0 Å². The van der Waals surface area contributed by atoms with Crippen LogP contribution in [0.5, 0.6) is 0 Å². The van der Waals surface area contributed by atoms with Crippen LogP contribution in [0.15, 0.2) is 48.0 Å². The van der Waals surface area contributed by atoms with Crippen LogP contribution in [0.1, 0.15) is 21.5 Å². The van der Waals surface area contributed by atoms with Gasteiger partial charge in [0.2, 0.25) is 0 Å². The van der Waals surface area contributed by atoms with Gasteiger partial charge in [-0.15, -0.1) is 0 Å². The van der Waals surface area contributed by atoms with Crippen LogP contribution in [-0.4, -0.2) is 13.6 Å². The van der Waals surface area contributed by atoms with Gasteiger partial charge in [-0.2, -0.15) is 0 Å². The Balaban J connectivity index is 1.97. The number of rotatable bonds is 1. The van der Waals surface area contributed by atoms with E-state index in [1.807, 2.05) is 50.3 Å². The minimum atomic E-state index is 0.143. The largest absolute Gasteiger partial charge is 0.289 e. The standard InChI is InChI=1S/C16H12BClO/c17-13-3-6-15-11(9-13)8-12(16(15)19)7-10-1-4-14(18)5-2-10/h1-7,9H,8,17H2/b12-7+. The summed E-state index contributed by atoms with van der Waals surface area (Å²) in [5.74, 6) is 0.143. The molecule has 0 aliphatic heterocycles. The molecule has 2 aromatic rings. The topological polar surface area (TPSA) is 17.1 Å². The molecule has 0 heterocycles. The van der Waals surface area contributed by atoms with Crippen LogP contribution in [0.3, 0.4) is 0 Å². The van der Waals surface area contributed by atoms with Crippen LogP contribution in [-0.2, 0) is 6.42 Å². The van der Waals surface area contributed by atoms with E-state index < -0.39 is 0 Å². The normalized spacial score (nSPS) is 15.8. The summed E-state index contributed by atoms with van der Waals surface area (Å²) in [4.78, 5) is 12.3. The van der Waals surface area contributed by atoms with Gasteiger partial charge >= 0.3 is 0 Å². The molecule has 1 aliphatic rings. The third kappa shape index (κ3) is 2.36. The highest BCUT2D eigenvalue weighted by Gasteiger charge is 2.24. The Morgan fingerprint density at radius 1 is 1.11 bits per heavy atom. The van der Waals surface area contributed by atoms with E-state index >= 15 is 0 Å². The lowest BCUT2D eigenvalue weighted by molar-refractivity contribution is 0.104. The molecular weight excluding hydrogens is 254 g/mol. The Kier molecular flexibility index (Phi) is 3.04. The summed E-state index contributed by atoms with van der Waals surface area (Å²) in [6, 6.07) is 13.5. The molecule has 0 atom stereocenters. The van der Waals surface area contributed by atoms with Crippen molar-refractivity contribution >= 4 is 36.8 Å². The first-order chi connectivity index (χ1) is 9.13. The highest BCUT2D eigenvalue weighted by atomic mass is 35.5. The Morgan fingerprint density at radius 2 is 1.84 bits per heavy atom. The van der Waals surface area contributed by atoms with Gasteiger partial charge in [-0.05, 0) is 29.3 Å². The molecule has 3 heteroatoms. The molecule has 0 unspecified atom stereocenters. The van der Waals surface area contributed by atoms with E-state index in [9.17, 15) is 4.79 Å². The molecule has 1 nitrogen and oxygen atoms in total. The molecule has 92 valence electrons. The summed E-state index contributed by atoms with van der Waals surface area (Å²) in [6.45, 7) is 0. The highest BCUT2D eigenvalue weighted by Crippen LogP contribution is 2.27. The minimum absolute atomic E-state index is 0.143. The molecule has 0 fully saturated rings. The predicted octanol–water partition coefficient (Wildman–Crippen LogP) is 2.42. The van der Waals surface area contributed by atoms with Crippen molar-refractivity contribution in [2.24, 2.45) is 0 Å². The number of hydrogen-bond donors (Lipinski definition) is 0. The van der Waals surface area contributed by atoms with E-state index in [-0.39, 0.29) is 5.78 Å². The van der Waals surface area contributed by atoms with Gasteiger partial charge < -0.3 is 0 Å². The van der Waals surface area contributed by atoms with E-state index in [1.54, 1.807) is 0 Å². The number of carbonyl (C=O) groups is 1. The van der Waals surface area contributed by atoms with Crippen LogP contribution in [0, 0.1) is 0 Å². The van der Waals surface area contributed by atoms with Gasteiger partial charge in [0.05, 0.1) is 0 Å². The summed E-state index contributed by atoms with van der Waals surface area (Å²) in [5, 5.41) is 0.707. The van der Waals surface area contributed by atoms with E-state index in [4.69, 9.17) is 11.6 Å². The highest BCUT2D eigenvalue weighted by molar-refractivity contribution is 6.32. The molecule has 0 radical (unpaired) electrons. The van der Waals surface area contributed by atoms with E-state index in [0.29, 0.717) is 5.02 Å². The lowest BCUT2D eigenvalue weighted by Crippen LogP contribution is -2.03. The summed E-state index contributed by atoms with van der Waals surface area (Å²) in [7, 11) is 2.05. The molecule has 0 N–H and O–H groups in total. The van der Waals surface area contributed by atoms with Gasteiger partial charge in [0, 0.05) is 22.6 Å². The second-order valence-corrected chi connectivity index (χ2v) is 5.32. The summed E-state index contributed by atoms with van der Waals surface area (Å²) in [6.07, 6.45) is 2.67.